The largest absolute Gasteiger partial charge is 0.465 e. The molecule has 0 saturated heterocycles. The molecule has 0 radical (unpaired) electrons. The average Bonchev–Trinajstić information content (AvgIpc) is 2.32. The Hall–Kier alpha value is -0.810. The molecule has 19 heavy (non-hydrogen) atoms. The first kappa shape index (κ1) is 16.2. The summed E-state index contributed by atoms with van der Waals surface area (Å²) in [6, 6.07) is 1.10. The van der Waals surface area contributed by atoms with E-state index in [0.29, 0.717) is 18.7 Å². The van der Waals surface area contributed by atoms with E-state index in [2.05, 4.69) is 31.0 Å². The van der Waals surface area contributed by atoms with Gasteiger partial charge in [0.2, 0.25) is 0 Å². The minimum Gasteiger partial charge on any atom is -0.465 e. The van der Waals surface area contributed by atoms with Gasteiger partial charge in [-0.3, -0.25) is 4.90 Å². The molecule has 0 bridgehead atoms. The number of rotatable bonds is 6. The van der Waals surface area contributed by atoms with Crippen LogP contribution < -0.4 is 5.32 Å². The van der Waals surface area contributed by atoms with Crippen molar-refractivity contribution in [2.24, 2.45) is 5.92 Å². The Morgan fingerprint density at radius 3 is 2.63 bits per heavy atom. The molecule has 0 aromatic heterocycles. The molecule has 112 valence electrons. The van der Waals surface area contributed by atoms with Crippen LogP contribution in [-0.2, 0) is 4.74 Å². The van der Waals surface area contributed by atoms with Crippen LogP contribution >= 0.6 is 0 Å². The van der Waals surface area contributed by atoms with Gasteiger partial charge in [-0.05, 0) is 39.7 Å². The van der Waals surface area contributed by atoms with Gasteiger partial charge in [0, 0.05) is 31.2 Å². The first-order valence-corrected chi connectivity index (χ1v) is 7.23. The van der Waals surface area contributed by atoms with Crippen molar-refractivity contribution in [1.82, 2.24) is 10.2 Å². The van der Waals surface area contributed by atoms with Gasteiger partial charge < -0.3 is 15.2 Å². The molecule has 0 aromatic rings. The fraction of sp³-hybridized carbons (Fsp3) is 0.929. The molecule has 3 atom stereocenters. The molecule has 5 nitrogen and oxygen atoms in total. The highest BCUT2D eigenvalue weighted by Gasteiger charge is 2.34. The highest BCUT2D eigenvalue weighted by Crippen LogP contribution is 2.29. The van der Waals surface area contributed by atoms with Crippen molar-refractivity contribution < 1.29 is 14.6 Å². The predicted octanol–water partition coefficient (Wildman–Crippen LogP) is 2.17. The first-order chi connectivity index (χ1) is 8.99. The maximum absolute atomic E-state index is 10.8. The zero-order valence-corrected chi connectivity index (χ0v) is 12.6. The molecule has 1 aliphatic rings. The van der Waals surface area contributed by atoms with Crippen LogP contribution in [0.2, 0.25) is 0 Å². The number of nitrogens with zero attached hydrogens (tertiary/aromatic N) is 1. The van der Waals surface area contributed by atoms with Gasteiger partial charge in [-0.15, -0.1) is 0 Å². The number of carbonyl (C=O) groups is 1. The Kier molecular flexibility index (Phi) is 6.58. The number of carboxylic acid groups (broad SMARTS) is 1. The minimum absolute atomic E-state index is 0.0274. The van der Waals surface area contributed by atoms with Crippen molar-refractivity contribution in [3.8, 4) is 0 Å². The quantitative estimate of drug-likeness (QED) is 0.778. The smallest absolute Gasteiger partial charge is 0.404 e. The van der Waals surface area contributed by atoms with E-state index in [1.807, 2.05) is 0 Å². The molecule has 0 aliphatic heterocycles. The third kappa shape index (κ3) is 4.66. The maximum atomic E-state index is 10.8. The molecule has 5 heteroatoms. The second-order valence-electron chi connectivity index (χ2n) is 5.66. The molecule has 1 aliphatic carbocycles. The summed E-state index contributed by atoms with van der Waals surface area (Å²) in [6.07, 6.45) is 2.02. The molecule has 0 unspecified atom stereocenters. The van der Waals surface area contributed by atoms with Crippen LogP contribution in [0.3, 0.4) is 0 Å². The van der Waals surface area contributed by atoms with Crippen molar-refractivity contribution in [3.63, 3.8) is 0 Å². The normalized spacial score (nSPS) is 27.8. The lowest BCUT2D eigenvalue weighted by Gasteiger charge is -2.42. The summed E-state index contributed by atoms with van der Waals surface area (Å²) in [6.45, 7) is 8.29. The third-order valence-electron chi connectivity index (χ3n) is 4.14. The predicted molar refractivity (Wildman–Crippen MR) is 75.5 cm³/mol. The second-order valence-corrected chi connectivity index (χ2v) is 5.66. The molecule has 0 spiro atoms. The molecule has 2 N–H and O–H groups in total. The Labute approximate surface area is 116 Å². The highest BCUT2D eigenvalue weighted by molar-refractivity contribution is 5.64. The summed E-state index contributed by atoms with van der Waals surface area (Å²) in [4.78, 5) is 13.3. The summed E-state index contributed by atoms with van der Waals surface area (Å²) >= 11 is 0. The standard InChI is InChI=1S/C14H28N2O3/c1-5-16(10(2)3)12-6-7-13(15-14(17)18)11(8-12)9-19-4/h10-13,15H,5-9H2,1-4H3,(H,17,18)/t11-,12-,13+/m1/s1. The molecular weight excluding hydrogens is 244 g/mol. The number of hydrogen-bond acceptors (Lipinski definition) is 3. The topological polar surface area (TPSA) is 61.8 Å². The van der Waals surface area contributed by atoms with Crippen molar-refractivity contribution in [2.75, 3.05) is 20.3 Å². The number of nitrogens with one attached hydrogen (secondary N) is 1. The van der Waals surface area contributed by atoms with E-state index in [1.54, 1.807) is 7.11 Å². The summed E-state index contributed by atoms with van der Waals surface area (Å²) in [7, 11) is 1.68. The van der Waals surface area contributed by atoms with Gasteiger partial charge in [-0.25, -0.2) is 4.79 Å². The number of hydrogen-bond donors (Lipinski definition) is 2. The maximum Gasteiger partial charge on any atom is 0.404 e. The van der Waals surface area contributed by atoms with E-state index in [0.717, 1.165) is 25.8 Å². The van der Waals surface area contributed by atoms with Gasteiger partial charge in [-0.1, -0.05) is 6.92 Å². The molecule has 1 rings (SSSR count). The van der Waals surface area contributed by atoms with Crippen LogP contribution in [0.5, 0.6) is 0 Å². The minimum atomic E-state index is -0.930. The van der Waals surface area contributed by atoms with Gasteiger partial charge in [0.25, 0.3) is 0 Å². The lowest BCUT2D eigenvalue weighted by molar-refractivity contribution is 0.0494. The van der Waals surface area contributed by atoms with Gasteiger partial charge in [-0.2, -0.15) is 0 Å². The highest BCUT2D eigenvalue weighted by atomic mass is 16.5. The van der Waals surface area contributed by atoms with Gasteiger partial charge in [0.15, 0.2) is 0 Å². The number of amides is 1. The van der Waals surface area contributed by atoms with E-state index in [1.165, 1.54) is 0 Å². The Bertz CT molecular complexity index is 284. The lowest BCUT2D eigenvalue weighted by atomic mass is 9.81. The van der Waals surface area contributed by atoms with E-state index in [-0.39, 0.29) is 12.0 Å². The zero-order chi connectivity index (χ0) is 14.4. The lowest BCUT2D eigenvalue weighted by Crippen LogP contribution is -2.51. The Morgan fingerprint density at radius 2 is 2.16 bits per heavy atom. The summed E-state index contributed by atoms with van der Waals surface area (Å²) in [5.41, 5.74) is 0. The summed E-state index contributed by atoms with van der Waals surface area (Å²) in [5.74, 6) is 0.271. The fourth-order valence-corrected chi connectivity index (χ4v) is 3.33. The van der Waals surface area contributed by atoms with Crippen LogP contribution in [0.1, 0.15) is 40.0 Å². The molecule has 0 aromatic carbocycles. The van der Waals surface area contributed by atoms with Gasteiger partial charge in [0.05, 0.1) is 6.61 Å². The van der Waals surface area contributed by atoms with Crippen LogP contribution in [0.4, 0.5) is 4.79 Å². The third-order valence-corrected chi connectivity index (χ3v) is 4.14. The van der Waals surface area contributed by atoms with Crippen molar-refractivity contribution >= 4 is 6.09 Å². The Morgan fingerprint density at radius 1 is 1.47 bits per heavy atom. The summed E-state index contributed by atoms with van der Waals surface area (Å²) < 4.78 is 5.26. The van der Waals surface area contributed by atoms with Gasteiger partial charge in [0.1, 0.15) is 0 Å². The van der Waals surface area contributed by atoms with E-state index < -0.39 is 6.09 Å². The van der Waals surface area contributed by atoms with Crippen LogP contribution in [0.25, 0.3) is 0 Å². The average molecular weight is 272 g/mol. The molecule has 1 amide bonds. The van der Waals surface area contributed by atoms with Crippen molar-refractivity contribution in [1.29, 1.82) is 0 Å². The van der Waals surface area contributed by atoms with Crippen LogP contribution in [0, 0.1) is 5.92 Å². The zero-order valence-electron chi connectivity index (χ0n) is 12.6. The molecule has 1 fully saturated rings. The van der Waals surface area contributed by atoms with Gasteiger partial charge >= 0.3 is 6.09 Å². The SMILES string of the molecule is CCN(C(C)C)[C@@H]1CC[C@H](NC(=O)O)[C@@H](COC)C1. The fourth-order valence-electron chi connectivity index (χ4n) is 3.33. The number of ether oxygens (including phenoxy) is 1. The number of methoxy groups -OCH3 is 1. The van der Waals surface area contributed by atoms with Crippen LogP contribution in [-0.4, -0.2) is 54.5 Å². The second kappa shape index (κ2) is 7.70. The van der Waals surface area contributed by atoms with Crippen LogP contribution in [0.15, 0.2) is 0 Å². The summed E-state index contributed by atoms with van der Waals surface area (Å²) in [5, 5.41) is 11.5. The van der Waals surface area contributed by atoms with E-state index >= 15 is 0 Å². The molecular formula is C14H28N2O3. The van der Waals surface area contributed by atoms with Crippen molar-refractivity contribution in [3.05, 3.63) is 0 Å². The van der Waals surface area contributed by atoms with E-state index in [4.69, 9.17) is 9.84 Å². The first-order valence-electron chi connectivity index (χ1n) is 7.23. The molecule has 0 heterocycles. The Balaban J connectivity index is 2.66. The molecule has 1 saturated carbocycles. The van der Waals surface area contributed by atoms with E-state index in [9.17, 15) is 4.79 Å². The van der Waals surface area contributed by atoms with Crippen molar-refractivity contribution in [2.45, 2.75) is 58.2 Å². The monoisotopic (exact) mass is 272 g/mol.